The van der Waals surface area contributed by atoms with Gasteiger partial charge in [-0.3, -0.25) is 0 Å². The first-order chi connectivity index (χ1) is 17.5. The minimum Gasteiger partial charge on any atom is -0.507 e. The third-order valence-corrected chi connectivity index (χ3v) is 8.96. The molecule has 2 amide bonds. The van der Waals surface area contributed by atoms with Crippen LogP contribution in [0.3, 0.4) is 0 Å². The van der Waals surface area contributed by atoms with Gasteiger partial charge in [0.15, 0.2) is 21.2 Å². The van der Waals surface area contributed by atoms with Gasteiger partial charge in [0.05, 0.1) is 4.90 Å². The van der Waals surface area contributed by atoms with Crippen molar-refractivity contribution in [1.82, 2.24) is 9.80 Å². The first-order valence-corrected chi connectivity index (χ1v) is 14.6. The molecule has 2 aromatic carbocycles. The number of carbonyl (C=O) groups excluding carboxylic acids is 2. The molecule has 2 aromatic rings. The van der Waals surface area contributed by atoms with Gasteiger partial charge < -0.3 is 19.6 Å². The molecule has 8 nitrogen and oxygen atoms in total. The Bertz CT molecular complexity index is 1420. The van der Waals surface area contributed by atoms with Crippen LogP contribution in [-0.2, 0) is 19.4 Å². The van der Waals surface area contributed by atoms with Crippen molar-refractivity contribution in [3.8, 4) is 11.1 Å². The highest BCUT2D eigenvalue weighted by molar-refractivity contribution is 7.90. The molecule has 37 heavy (non-hydrogen) atoms. The Hall–Kier alpha value is -3.04. The van der Waals surface area contributed by atoms with Gasteiger partial charge in [-0.2, -0.15) is 0 Å². The van der Waals surface area contributed by atoms with E-state index in [0.29, 0.717) is 53.2 Å². The van der Waals surface area contributed by atoms with Crippen LogP contribution in [-0.4, -0.2) is 73.4 Å². The van der Waals surface area contributed by atoms with Crippen LogP contribution in [0, 0.1) is 6.92 Å². The predicted molar refractivity (Wildman–Crippen MR) is 140 cm³/mol. The number of aryl methyl sites for hydroxylation is 1. The zero-order valence-electron chi connectivity index (χ0n) is 20.8. The van der Waals surface area contributed by atoms with Gasteiger partial charge >= 0.3 is 12.0 Å². The van der Waals surface area contributed by atoms with Crippen molar-refractivity contribution in [3.05, 3.63) is 58.3 Å². The van der Waals surface area contributed by atoms with E-state index in [-0.39, 0.29) is 22.3 Å². The summed E-state index contributed by atoms with van der Waals surface area (Å²) in [6.45, 7) is 4.09. The average Bonchev–Trinajstić information content (AvgIpc) is 3.47. The standard InChI is InChI=1S/C27H29ClN2O6S/c1-17-14-21(18-6-5-7-19(15-18)37(2,34)35)22(28)16-20(17)23-24(31)27(36-25(23)32)8-12-30(13-9-27)26(33)29-10-3-4-11-29/h5-7,14-16,31H,3-4,8-13H2,1-2H3. The van der Waals surface area contributed by atoms with Gasteiger partial charge in [-0.1, -0.05) is 23.7 Å². The van der Waals surface area contributed by atoms with Crippen molar-refractivity contribution < 1.29 is 27.9 Å². The average molecular weight is 545 g/mol. The quantitative estimate of drug-likeness (QED) is 0.566. The van der Waals surface area contributed by atoms with Gasteiger partial charge in [-0.25, -0.2) is 18.0 Å². The van der Waals surface area contributed by atoms with E-state index in [1.54, 1.807) is 42.2 Å². The lowest BCUT2D eigenvalue weighted by Crippen LogP contribution is -2.51. The second-order valence-electron chi connectivity index (χ2n) is 10.0. The maximum absolute atomic E-state index is 13.0. The number of hydrogen-bond acceptors (Lipinski definition) is 6. The van der Waals surface area contributed by atoms with Gasteiger partial charge in [0, 0.05) is 55.9 Å². The van der Waals surface area contributed by atoms with E-state index in [1.165, 1.54) is 6.07 Å². The number of esters is 1. The molecule has 2 fully saturated rings. The van der Waals surface area contributed by atoms with Crippen molar-refractivity contribution in [1.29, 1.82) is 0 Å². The number of ether oxygens (including phenoxy) is 1. The number of benzene rings is 2. The summed E-state index contributed by atoms with van der Waals surface area (Å²) in [5.74, 6) is -0.750. The summed E-state index contributed by atoms with van der Waals surface area (Å²) in [4.78, 5) is 29.6. The number of likely N-dealkylation sites (tertiary alicyclic amines) is 2. The summed E-state index contributed by atoms with van der Waals surface area (Å²) in [6, 6.07) is 9.88. The largest absolute Gasteiger partial charge is 0.507 e. The monoisotopic (exact) mass is 544 g/mol. The maximum atomic E-state index is 13.0. The van der Waals surface area contributed by atoms with Gasteiger partial charge in [-0.05, 0) is 60.7 Å². The third kappa shape index (κ3) is 4.59. The van der Waals surface area contributed by atoms with Crippen LogP contribution < -0.4 is 0 Å². The highest BCUT2D eigenvalue weighted by atomic mass is 35.5. The maximum Gasteiger partial charge on any atom is 0.343 e. The minimum absolute atomic E-state index is 0.00137. The minimum atomic E-state index is -3.39. The summed E-state index contributed by atoms with van der Waals surface area (Å²) in [7, 11) is -3.39. The summed E-state index contributed by atoms with van der Waals surface area (Å²) >= 11 is 6.62. The molecule has 196 valence electrons. The van der Waals surface area contributed by atoms with Crippen LogP contribution in [0.1, 0.15) is 36.8 Å². The molecular formula is C27H29ClN2O6S. The number of aliphatic hydroxyl groups is 1. The lowest BCUT2D eigenvalue weighted by atomic mass is 9.86. The second-order valence-corrected chi connectivity index (χ2v) is 12.4. The van der Waals surface area contributed by atoms with Crippen LogP contribution in [0.2, 0.25) is 5.02 Å². The van der Waals surface area contributed by atoms with E-state index in [9.17, 15) is 23.1 Å². The predicted octanol–water partition coefficient (Wildman–Crippen LogP) is 4.60. The first kappa shape index (κ1) is 25.6. The lowest BCUT2D eigenvalue weighted by molar-refractivity contribution is -0.150. The van der Waals surface area contributed by atoms with Crippen LogP contribution in [0.5, 0.6) is 0 Å². The molecule has 1 N–H and O–H groups in total. The third-order valence-electron chi connectivity index (χ3n) is 7.54. The molecule has 0 unspecified atom stereocenters. The molecule has 3 aliphatic heterocycles. The highest BCUT2D eigenvalue weighted by Crippen LogP contribution is 2.45. The van der Waals surface area contributed by atoms with Crippen molar-refractivity contribution in [3.63, 3.8) is 0 Å². The van der Waals surface area contributed by atoms with Gasteiger partial charge in [-0.15, -0.1) is 0 Å². The Morgan fingerprint density at radius 1 is 1.03 bits per heavy atom. The summed E-state index contributed by atoms with van der Waals surface area (Å²) < 4.78 is 29.8. The topological polar surface area (TPSA) is 104 Å². The molecule has 3 heterocycles. The highest BCUT2D eigenvalue weighted by Gasteiger charge is 2.51. The number of amides is 2. The van der Waals surface area contributed by atoms with Crippen LogP contribution in [0.25, 0.3) is 16.7 Å². The molecule has 10 heteroatoms. The zero-order valence-corrected chi connectivity index (χ0v) is 22.4. The molecule has 0 aliphatic carbocycles. The number of halogens is 1. The number of hydrogen-bond donors (Lipinski definition) is 1. The van der Waals surface area contributed by atoms with Crippen LogP contribution in [0.15, 0.2) is 47.1 Å². The molecule has 2 saturated heterocycles. The lowest BCUT2D eigenvalue weighted by Gasteiger charge is -2.39. The number of sulfone groups is 1. The molecule has 0 saturated carbocycles. The van der Waals surface area contributed by atoms with E-state index in [4.69, 9.17) is 16.3 Å². The Kier molecular flexibility index (Phi) is 6.48. The van der Waals surface area contributed by atoms with Gasteiger partial charge in [0.2, 0.25) is 0 Å². The fourth-order valence-electron chi connectivity index (χ4n) is 5.41. The Labute approximate surface area is 221 Å². The number of carbonyl (C=O) groups is 2. The second kappa shape index (κ2) is 9.36. The van der Waals surface area contributed by atoms with E-state index in [1.807, 2.05) is 4.90 Å². The SMILES string of the molecule is Cc1cc(-c2cccc(S(C)(=O)=O)c2)c(Cl)cc1C1=C(O)C2(CCN(C(=O)N3CCCC3)CC2)OC1=O. The molecule has 1 spiro atoms. The molecule has 0 aromatic heterocycles. The molecular weight excluding hydrogens is 516 g/mol. The molecule has 0 radical (unpaired) electrons. The van der Waals surface area contributed by atoms with Crippen molar-refractivity contribution in [2.75, 3.05) is 32.4 Å². The fraction of sp³-hybridized carbons (Fsp3) is 0.407. The normalized spacial score (nSPS) is 19.6. The van der Waals surface area contributed by atoms with Crippen LogP contribution >= 0.6 is 11.6 Å². The van der Waals surface area contributed by atoms with Crippen molar-refractivity contribution >= 4 is 39.0 Å². The van der Waals surface area contributed by atoms with E-state index < -0.39 is 21.4 Å². The van der Waals surface area contributed by atoms with E-state index >= 15 is 0 Å². The van der Waals surface area contributed by atoms with Crippen molar-refractivity contribution in [2.24, 2.45) is 0 Å². The summed E-state index contributed by atoms with van der Waals surface area (Å²) in [5.41, 5.74) is 1.30. The zero-order chi connectivity index (χ0) is 26.5. The fourth-order valence-corrected chi connectivity index (χ4v) is 6.35. The van der Waals surface area contributed by atoms with Gasteiger partial charge in [0.1, 0.15) is 5.57 Å². The van der Waals surface area contributed by atoms with Gasteiger partial charge in [0.25, 0.3) is 0 Å². The Morgan fingerprint density at radius 2 is 1.68 bits per heavy atom. The number of urea groups is 1. The van der Waals surface area contributed by atoms with Crippen LogP contribution in [0.4, 0.5) is 4.79 Å². The number of rotatable bonds is 3. The number of piperidine rings is 1. The summed E-state index contributed by atoms with van der Waals surface area (Å²) in [5, 5.41) is 11.6. The molecule has 5 rings (SSSR count). The Morgan fingerprint density at radius 3 is 2.32 bits per heavy atom. The smallest absolute Gasteiger partial charge is 0.343 e. The molecule has 3 aliphatic rings. The number of nitrogens with zero attached hydrogens (tertiary/aromatic N) is 2. The molecule has 0 bridgehead atoms. The van der Waals surface area contributed by atoms with Crippen molar-refractivity contribution in [2.45, 2.75) is 43.1 Å². The first-order valence-electron chi connectivity index (χ1n) is 12.3. The van der Waals surface area contributed by atoms with E-state index in [2.05, 4.69) is 0 Å². The summed E-state index contributed by atoms with van der Waals surface area (Å²) in [6.07, 6.45) is 3.80. The Balaban J connectivity index is 1.43. The van der Waals surface area contributed by atoms with E-state index in [0.717, 1.165) is 32.2 Å². The number of aliphatic hydroxyl groups excluding tert-OH is 1. The molecule has 0 atom stereocenters.